The highest BCUT2D eigenvalue weighted by Crippen LogP contribution is 2.03. The minimum atomic E-state index is -4.39. The number of hydrogen-bond acceptors (Lipinski definition) is 7. The standard InChI is InChI=1S/C11H15N3O7S/c12-7(6-22(19,20)21)8(15)5-13-9(16)3-4-14-10(17)1-2-11(14)18/h1-2,7H,3-6,12H2,(H,13,16)(H,19,20,21). The largest absolute Gasteiger partial charge is 0.349 e. The number of rotatable bonds is 8. The summed E-state index contributed by atoms with van der Waals surface area (Å²) < 4.78 is 29.7. The summed E-state index contributed by atoms with van der Waals surface area (Å²) in [6.45, 7) is -0.655. The van der Waals surface area contributed by atoms with Crippen molar-refractivity contribution in [3.05, 3.63) is 12.2 Å². The van der Waals surface area contributed by atoms with E-state index in [9.17, 15) is 27.6 Å². The van der Waals surface area contributed by atoms with E-state index in [1.165, 1.54) is 0 Å². The molecule has 0 aromatic rings. The molecule has 1 unspecified atom stereocenters. The maximum atomic E-state index is 11.5. The van der Waals surface area contributed by atoms with Crippen molar-refractivity contribution in [1.29, 1.82) is 0 Å². The lowest BCUT2D eigenvalue weighted by atomic mass is 10.2. The van der Waals surface area contributed by atoms with Gasteiger partial charge in [0.05, 0.1) is 18.3 Å². The lowest BCUT2D eigenvalue weighted by molar-refractivity contribution is -0.137. The van der Waals surface area contributed by atoms with Crippen LogP contribution in [0.4, 0.5) is 0 Å². The summed E-state index contributed by atoms with van der Waals surface area (Å²) in [6, 6.07) is -1.46. The third kappa shape index (κ3) is 5.71. The third-order valence-corrected chi connectivity index (χ3v) is 3.51. The van der Waals surface area contributed by atoms with Crippen LogP contribution >= 0.6 is 0 Å². The number of nitrogens with zero attached hydrogens (tertiary/aromatic N) is 1. The molecule has 22 heavy (non-hydrogen) atoms. The maximum Gasteiger partial charge on any atom is 0.266 e. The molecule has 0 fully saturated rings. The summed E-state index contributed by atoms with van der Waals surface area (Å²) in [5, 5.41) is 2.19. The Morgan fingerprint density at radius 1 is 1.27 bits per heavy atom. The van der Waals surface area contributed by atoms with Crippen LogP contribution in [0.5, 0.6) is 0 Å². The number of carbonyl (C=O) groups excluding carboxylic acids is 4. The van der Waals surface area contributed by atoms with Crippen LogP contribution in [-0.4, -0.2) is 66.3 Å². The summed E-state index contributed by atoms with van der Waals surface area (Å²) in [5.41, 5.74) is 5.25. The lowest BCUT2D eigenvalue weighted by Crippen LogP contribution is -2.44. The predicted octanol–water partition coefficient (Wildman–Crippen LogP) is -2.80. The van der Waals surface area contributed by atoms with Crippen LogP contribution in [0.25, 0.3) is 0 Å². The molecule has 10 nitrogen and oxygen atoms in total. The van der Waals surface area contributed by atoms with Crippen LogP contribution in [0.15, 0.2) is 12.2 Å². The van der Waals surface area contributed by atoms with E-state index in [0.29, 0.717) is 0 Å². The first kappa shape index (κ1) is 17.9. The first-order chi connectivity index (χ1) is 10.1. The van der Waals surface area contributed by atoms with Gasteiger partial charge < -0.3 is 11.1 Å². The van der Waals surface area contributed by atoms with Crippen molar-refractivity contribution >= 4 is 33.6 Å². The lowest BCUT2D eigenvalue weighted by Gasteiger charge is -2.13. The molecule has 11 heteroatoms. The Bertz CT molecular complexity index is 608. The van der Waals surface area contributed by atoms with Gasteiger partial charge in [0.25, 0.3) is 21.9 Å². The van der Waals surface area contributed by atoms with E-state index in [4.69, 9.17) is 10.3 Å². The second kappa shape index (κ2) is 7.24. The Morgan fingerprint density at radius 3 is 2.32 bits per heavy atom. The van der Waals surface area contributed by atoms with Gasteiger partial charge in [0.2, 0.25) is 5.91 Å². The molecule has 0 aromatic carbocycles. The highest BCUT2D eigenvalue weighted by Gasteiger charge is 2.24. The normalized spacial score (nSPS) is 16.0. The molecule has 122 valence electrons. The predicted molar refractivity (Wildman–Crippen MR) is 72.9 cm³/mol. The Hall–Kier alpha value is -2.11. The Balaban J connectivity index is 2.33. The van der Waals surface area contributed by atoms with E-state index in [1.807, 2.05) is 0 Å². The van der Waals surface area contributed by atoms with E-state index in [2.05, 4.69) is 5.32 Å². The number of carbonyl (C=O) groups is 4. The van der Waals surface area contributed by atoms with Gasteiger partial charge in [-0.25, -0.2) is 0 Å². The van der Waals surface area contributed by atoms with Crippen LogP contribution in [0.3, 0.4) is 0 Å². The fourth-order valence-electron chi connectivity index (χ4n) is 1.59. The van der Waals surface area contributed by atoms with Gasteiger partial charge in [-0.2, -0.15) is 8.42 Å². The van der Waals surface area contributed by atoms with Crippen molar-refractivity contribution in [2.75, 3.05) is 18.8 Å². The highest BCUT2D eigenvalue weighted by atomic mass is 32.2. The molecule has 0 radical (unpaired) electrons. The molecule has 0 saturated carbocycles. The third-order valence-electron chi connectivity index (χ3n) is 2.73. The molecule has 1 heterocycles. The van der Waals surface area contributed by atoms with Crippen LogP contribution < -0.4 is 11.1 Å². The summed E-state index contributed by atoms with van der Waals surface area (Å²) in [4.78, 5) is 46.2. The topological polar surface area (TPSA) is 164 Å². The molecular weight excluding hydrogens is 318 g/mol. The molecule has 4 N–H and O–H groups in total. The molecule has 1 rings (SSSR count). The van der Waals surface area contributed by atoms with E-state index in [1.54, 1.807) is 0 Å². The minimum absolute atomic E-state index is 0.137. The molecule has 3 amide bonds. The fraction of sp³-hybridized carbons (Fsp3) is 0.455. The molecule has 1 atom stereocenters. The Morgan fingerprint density at radius 2 is 1.82 bits per heavy atom. The summed E-state index contributed by atoms with van der Waals surface area (Å²) in [5.74, 6) is -3.38. The second-order valence-electron chi connectivity index (χ2n) is 4.51. The van der Waals surface area contributed by atoms with Gasteiger partial charge in [-0.3, -0.25) is 28.6 Å². The van der Waals surface area contributed by atoms with Gasteiger partial charge in [-0.05, 0) is 0 Å². The van der Waals surface area contributed by atoms with Crippen molar-refractivity contribution in [3.63, 3.8) is 0 Å². The molecule has 0 aromatic heterocycles. The average Bonchev–Trinajstić information content (AvgIpc) is 2.71. The first-order valence-electron chi connectivity index (χ1n) is 6.14. The molecule has 0 aliphatic carbocycles. The summed E-state index contributed by atoms with van der Waals surface area (Å²) in [6.07, 6.45) is 1.95. The van der Waals surface area contributed by atoms with Crippen molar-refractivity contribution in [2.45, 2.75) is 12.5 Å². The van der Waals surface area contributed by atoms with E-state index in [-0.39, 0.29) is 13.0 Å². The van der Waals surface area contributed by atoms with Crippen molar-refractivity contribution < 1.29 is 32.1 Å². The number of Topliss-reactive ketones (excluding diaryl/α,β-unsaturated/α-hetero) is 1. The average molecular weight is 333 g/mol. The molecule has 1 aliphatic rings. The van der Waals surface area contributed by atoms with Crippen LogP contribution in [0.2, 0.25) is 0 Å². The zero-order valence-corrected chi connectivity index (χ0v) is 12.2. The van der Waals surface area contributed by atoms with Gasteiger partial charge in [0.1, 0.15) is 0 Å². The number of hydrogen-bond donors (Lipinski definition) is 3. The Labute approximate surface area is 126 Å². The fourth-order valence-corrected chi connectivity index (χ4v) is 2.23. The zero-order chi connectivity index (χ0) is 16.9. The van der Waals surface area contributed by atoms with Gasteiger partial charge in [0.15, 0.2) is 5.78 Å². The van der Waals surface area contributed by atoms with E-state index < -0.39 is 52.0 Å². The Kier molecular flexibility index (Phi) is 5.91. The number of nitrogens with one attached hydrogen (secondary N) is 1. The van der Waals surface area contributed by atoms with Crippen molar-refractivity contribution in [1.82, 2.24) is 10.2 Å². The molecule has 1 aliphatic heterocycles. The van der Waals surface area contributed by atoms with E-state index in [0.717, 1.165) is 17.1 Å². The number of ketones is 1. The molecule has 0 saturated heterocycles. The summed E-state index contributed by atoms with van der Waals surface area (Å²) in [7, 11) is -4.39. The number of imide groups is 1. The first-order valence-corrected chi connectivity index (χ1v) is 7.75. The molecule has 0 bridgehead atoms. The maximum absolute atomic E-state index is 11.5. The number of nitrogens with two attached hydrogens (primary N) is 1. The van der Waals surface area contributed by atoms with E-state index >= 15 is 0 Å². The van der Waals surface area contributed by atoms with Crippen molar-refractivity contribution in [3.8, 4) is 0 Å². The van der Waals surface area contributed by atoms with Gasteiger partial charge in [0, 0.05) is 25.1 Å². The summed E-state index contributed by atoms with van der Waals surface area (Å²) >= 11 is 0. The van der Waals surface area contributed by atoms with Gasteiger partial charge in [-0.15, -0.1) is 0 Å². The van der Waals surface area contributed by atoms with Crippen molar-refractivity contribution in [2.24, 2.45) is 5.73 Å². The smallest absolute Gasteiger partial charge is 0.266 e. The minimum Gasteiger partial charge on any atom is -0.349 e. The van der Waals surface area contributed by atoms with Gasteiger partial charge >= 0.3 is 0 Å². The van der Waals surface area contributed by atoms with Gasteiger partial charge in [-0.1, -0.05) is 0 Å². The second-order valence-corrected chi connectivity index (χ2v) is 6.01. The van der Waals surface area contributed by atoms with Crippen LogP contribution in [0, 0.1) is 0 Å². The quantitative estimate of drug-likeness (QED) is 0.317. The SMILES string of the molecule is NC(CS(=O)(=O)O)C(=O)CNC(=O)CCN1C(=O)C=CC1=O. The molecular formula is C11H15N3O7S. The highest BCUT2D eigenvalue weighted by molar-refractivity contribution is 7.85. The number of amides is 3. The zero-order valence-electron chi connectivity index (χ0n) is 11.4. The monoisotopic (exact) mass is 333 g/mol. The van der Waals surface area contributed by atoms with Crippen LogP contribution in [-0.2, 0) is 29.3 Å². The van der Waals surface area contributed by atoms with Crippen LogP contribution in [0.1, 0.15) is 6.42 Å². The molecule has 0 spiro atoms.